The van der Waals surface area contributed by atoms with Crippen molar-refractivity contribution in [1.82, 2.24) is 5.32 Å². The van der Waals surface area contributed by atoms with Crippen molar-refractivity contribution >= 4 is 5.91 Å². The molecule has 0 radical (unpaired) electrons. The molecule has 3 nitrogen and oxygen atoms in total. The minimum Gasteiger partial charge on any atom is -0.355 e. The maximum absolute atomic E-state index is 12.1. The molecule has 1 fully saturated rings. The zero-order valence-corrected chi connectivity index (χ0v) is 11.2. The van der Waals surface area contributed by atoms with Gasteiger partial charge in [0.05, 0.1) is 12.5 Å². The lowest BCUT2D eigenvalue weighted by molar-refractivity contribution is -0.129. The average Bonchev–Trinajstić information content (AvgIpc) is 2.28. The minimum atomic E-state index is 0.150. The number of nitrogens with zero attached hydrogens (tertiary/aromatic N) is 1. The van der Waals surface area contributed by atoms with Crippen molar-refractivity contribution in [3.05, 3.63) is 0 Å². The maximum Gasteiger partial charge on any atom is 0.223 e. The van der Waals surface area contributed by atoms with Crippen molar-refractivity contribution in [2.45, 2.75) is 46.5 Å². The van der Waals surface area contributed by atoms with E-state index in [-0.39, 0.29) is 11.8 Å². The molecule has 1 aliphatic carbocycles. The third-order valence-electron chi connectivity index (χ3n) is 3.90. The number of hydrogen-bond acceptors (Lipinski definition) is 2. The van der Waals surface area contributed by atoms with E-state index in [1.165, 1.54) is 6.42 Å². The van der Waals surface area contributed by atoms with Gasteiger partial charge < -0.3 is 5.32 Å². The van der Waals surface area contributed by atoms with Gasteiger partial charge in [0.15, 0.2) is 0 Å². The van der Waals surface area contributed by atoms with E-state index >= 15 is 0 Å². The van der Waals surface area contributed by atoms with Gasteiger partial charge in [-0.25, -0.2) is 0 Å². The van der Waals surface area contributed by atoms with E-state index in [9.17, 15) is 4.79 Å². The smallest absolute Gasteiger partial charge is 0.223 e. The Hall–Kier alpha value is -1.04. The Morgan fingerprint density at radius 3 is 2.76 bits per heavy atom. The first kappa shape index (κ1) is 14.0. The van der Waals surface area contributed by atoms with Crippen LogP contribution in [0.2, 0.25) is 0 Å². The number of nitriles is 1. The van der Waals surface area contributed by atoms with E-state index in [4.69, 9.17) is 5.26 Å². The number of nitrogens with one attached hydrogen (secondary N) is 1. The highest BCUT2D eigenvalue weighted by Crippen LogP contribution is 2.37. The highest BCUT2D eigenvalue weighted by molar-refractivity contribution is 5.79. The van der Waals surface area contributed by atoms with Crippen molar-refractivity contribution < 1.29 is 4.79 Å². The summed E-state index contributed by atoms with van der Waals surface area (Å²) in [5.41, 5.74) is 0. The highest BCUT2D eigenvalue weighted by Gasteiger charge is 2.34. The van der Waals surface area contributed by atoms with E-state index in [2.05, 4.69) is 32.2 Å². The molecule has 1 N–H and O–H groups in total. The Morgan fingerprint density at radius 2 is 2.18 bits per heavy atom. The molecule has 0 bridgehead atoms. The van der Waals surface area contributed by atoms with Crippen LogP contribution in [0.3, 0.4) is 0 Å². The molecule has 3 atom stereocenters. The fourth-order valence-corrected chi connectivity index (χ4v) is 2.88. The molecule has 0 saturated heterocycles. The molecule has 0 heterocycles. The lowest BCUT2D eigenvalue weighted by atomic mass is 9.70. The summed E-state index contributed by atoms with van der Waals surface area (Å²) < 4.78 is 0. The van der Waals surface area contributed by atoms with Crippen LogP contribution < -0.4 is 5.32 Å². The van der Waals surface area contributed by atoms with Gasteiger partial charge in [-0.1, -0.05) is 27.2 Å². The molecule has 1 rings (SSSR count). The molecule has 0 aromatic heterocycles. The van der Waals surface area contributed by atoms with Gasteiger partial charge in [-0.3, -0.25) is 4.79 Å². The molecule has 96 valence electrons. The molecular formula is C14H24N2O. The third kappa shape index (κ3) is 4.03. The summed E-state index contributed by atoms with van der Waals surface area (Å²) in [6, 6.07) is 2.05. The molecule has 0 unspecified atom stereocenters. The van der Waals surface area contributed by atoms with Crippen molar-refractivity contribution in [3.8, 4) is 6.07 Å². The highest BCUT2D eigenvalue weighted by atomic mass is 16.1. The quantitative estimate of drug-likeness (QED) is 0.763. The molecule has 0 aliphatic heterocycles. The van der Waals surface area contributed by atoms with Gasteiger partial charge in [-0.05, 0) is 30.6 Å². The molecule has 1 aliphatic rings. The standard InChI is InChI=1S/C14H24N2O/c1-10(2)12-6-5-11(3)9-13(12)14(17)16-8-4-7-15/h10-13H,4-6,8-9H2,1-3H3,(H,16,17)/t11-,12+,13-/m1/s1. The molecule has 1 saturated carbocycles. The summed E-state index contributed by atoms with van der Waals surface area (Å²) in [5.74, 6) is 2.03. The first-order chi connectivity index (χ1) is 8.06. The monoisotopic (exact) mass is 236 g/mol. The van der Waals surface area contributed by atoms with Crippen molar-refractivity contribution in [1.29, 1.82) is 5.26 Å². The summed E-state index contributed by atoms with van der Waals surface area (Å²) in [6.07, 6.45) is 3.81. The molecule has 0 aromatic rings. The zero-order valence-electron chi connectivity index (χ0n) is 11.2. The SMILES string of the molecule is CC(C)[C@@H]1CC[C@@H](C)C[C@H]1C(=O)NCCC#N. The topological polar surface area (TPSA) is 52.9 Å². The van der Waals surface area contributed by atoms with Crippen LogP contribution in [0.1, 0.15) is 46.5 Å². The van der Waals surface area contributed by atoms with Gasteiger partial charge in [0.1, 0.15) is 0 Å². The van der Waals surface area contributed by atoms with Gasteiger partial charge in [0, 0.05) is 12.5 Å². The second kappa shape index (κ2) is 6.64. The fourth-order valence-electron chi connectivity index (χ4n) is 2.88. The van der Waals surface area contributed by atoms with E-state index in [1.807, 2.05) is 0 Å². The predicted molar refractivity (Wildman–Crippen MR) is 68.1 cm³/mol. The van der Waals surface area contributed by atoms with E-state index in [1.54, 1.807) is 0 Å². The number of rotatable bonds is 4. The van der Waals surface area contributed by atoms with Crippen LogP contribution in [0.5, 0.6) is 0 Å². The van der Waals surface area contributed by atoms with Crippen LogP contribution in [0.25, 0.3) is 0 Å². The summed E-state index contributed by atoms with van der Waals surface area (Å²) in [4.78, 5) is 12.1. The van der Waals surface area contributed by atoms with Crippen LogP contribution in [0, 0.1) is 35.0 Å². The van der Waals surface area contributed by atoms with Crippen molar-refractivity contribution in [2.75, 3.05) is 6.54 Å². The van der Waals surface area contributed by atoms with Gasteiger partial charge in [0.2, 0.25) is 5.91 Å². The van der Waals surface area contributed by atoms with Crippen molar-refractivity contribution in [2.24, 2.45) is 23.7 Å². The van der Waals surface area contributed by atoms with E-state index in [0.717, 1.165) is 12.8 Å². The fraction of sp³-hybridized carbons (Fsp3) is 0.857. The molecule has 1 amide bonds. The minimum absolute atomic E-state index is 0.150. The Kier molecular flexibility index (Phi) is 5.47. The molecule has 17 heavy (non-hydrogen) atoms. The Bertz CT molecular complexity index is 293. The van der Waals surface area contributed by atoms with Gasteiger partial charge in [-0.15, -0.1) is 0 Å². The summed E-state index contributed by atoms with van der Waals surface area (Å²) in [5, 5.41) is 11.4. The molecule has 0 aromatic carbocycles. The van der Waals surface area contributed by atoms with Gasteiger partial charge >= 0.3 is 0 Å². The van der Waals surface area contributed by atoms with E-state index in [0.29, 0.717) is 30.7 Å². The van der Waals surface area contributed by atoms with Crippen LogP contribution in [0.15, 0.2) is 0 Å². The zero-order chi connectivity index (χ0) is 12.8. The lowest BCUT2D eigenvalue weighted by Gasteiger charge is -2.36. The Balaban J connectivity index is 2.56. The van der Waals surface area contributed by atoms with Gasteiger partial charge in [-0.2, -0.15) is 5.26 Å². The summed E-state index contributed by atoms with van der Waals surface area (Å²) >= 11 is 0. The predicted octanol–water partition coefficient (Wildman–Crippen LogP) is 2.72. The maximum atomic E-state index is 12.1. The van der Waals surface area contributed by atoms with E-state index < -0.39 is 0 Å². The second-order valence-electron chi connectivity index (χ2n) is 5.63. The van der Waals surface area contributed by atoms with Crippen LogP contribution in [-0.2, 0) is 4.79 Å². The number of hydrogen-bond donors (Lipinski definition) is 1. The normalized spacial score (nSPS) is 28.8. The summed E-state index contributed by atoms with van der Waals surface area (Å²) in [6.45, 7) is 7.13. The molecule has 3 heteroatoms. The molecule has 0 spiro atoms. The Labute approximate surface area is 105 Å². The second-order valence-corrected chi connectivity index (χ2v) is 5.63. The number of carbonyl (C=O) groups excluding carboxylic acids is 1. The number of carbonyl (C=O) groups is 1. The number of amides is 1. The first-order valence-electron chi connectivity index (χ1n) is 6.71. The summed E-state index contributed by atoms with van der Waals surface area (Å²) in [7, 11) is 0. The van der Waals surface area contributed by atoms with Crippen LogP contribution >= 0.6 is 0 Å². The average molecular weight is 236 g/mol. The third-order valence-corrected chi connectivity index (χ3v) is 3.90. The van der Waals surface area contributed by atoms with Gasteiger partial charge in [0.25, 0.3) is 0 Å². The van der Waals surface area contributed by atoms with Crippen LogP contribution in [0.4, 0.5) is 0 Å². The van der Waals surface area contributed by atoms with Crippen molar-refractivity contribution in [3.63, 3.8) is 0 Å². The Morgan fingerprint density at radius 1 is 1.47 bits per heavy atom. The molecular weight excluding hydrogens is 212 g/mol. The first-order valence-corrected chi connectivity index (χ1v) is 6.71. The van der Waals surface area contributed by atoms with Crippen LogP contribution in [-0.4, -0.2) is 12.5 Å². The lowest BCUT2D eigenvalue weighted by Crippen LogP contribution is -2.40. The largest absolute Gasteiger partial charge is 0.355 e.